The number of benzene rings is 1. The number of piperidine rings is 1. The van der Waals surface area contributed by atoms with Crippen LogP contribution in [0, 0.1) is 0 Å². The summed E-state index contributed by atoms with van der Waals surface area (Å²) in [6, 6.07) is 9.64. The van der Waals surface area contributed by atoms with Crippen molar-refractivity contribution in [3.8, 4) is 0 Å². The van der Waals surface area contributed by atoms with Gasteiger partial charge in [-0.25, -0.2) is 0 Å². The number of carbonyl (C=O) groups is 2. The third kappa shape index (κ3) is 2.98. The first kappa shape index (κ1) is 14.9. The third-order valence-electron chi connectivity index (χ3n) is 3.56. The maximum atomic E-state index is 12.4. The molecule has 2 amide bonds. The molecule has 0 radical (unpaired) electrons. The zero-order valence-corrected chi connectivity index (χ0v) is 14.8. The predicted octanol–water partition coefficient (Wildman–Crippen LogP) is 4.19. The number of imide groups is 1. The van der Waals surface area contributed by atoms with E-state index in [1.165, 1.54) is 0 Å². The first-order valence-corrected chi connectivity index (χ1v) is 8.85. The van der Waals surface area contributed by atoms with Crippen molar-refractivity contribution >= 4 is 55.0 Å². The summed E-state index contributed by atoms with van der Waals surface area (Å²) >= 11 is 8.49. The zero-order valence-electron chi connectivity index (χ0n) is 10.8. The predicted molar refractivity (Wildman–Crippen MR) is 89.4 cm³/mol. The molecule has 2 atom stereocenters. The standard InChI is InChI=1S/C15H11Br2NO2S/c16-9-3-1-8(2-4-9)13-10(7-12(19)18-15(13)20)14-11(17)5-6-21-14/h1-6,10,13H,7H2,(H,18,19,20). The number of nitrogens with one attached hydrogen (secondary N) is 1. The molecule has 6 heteroatoms. The average Bonchev–Trinajstić information content (AvgIpc) is 2.85. The summed E-state index contributed by atoms with van der Waals surface area (Å²) in [5.41, 5.74) is 0.925. The van der Waals surface area contributed by atoms with Gasteiger partial charge in [0.2, 0.25) is 11.8 Å². The van der Waals surface area contributed by atoms with Crippen molar-refractivity contribution in [3.63, 3.8) is 0 Å². The van der Waals surface area contributed by atoms with Gasteiger partial charge in [-0.05, 0) is 45.1 Å². The zero-order chi connectivity index (χ0) is 15.0. The molecule has 1 fully saturated rings. The van der Waals surface area contributed by atoms with Crippen LogP contribution in [0.1, 0.15) is 28.7 Å². The van der Waals surface area contributed by atoms with Crippen molar-refractivity contribution in [2.24, 2.45) is 0 Å². The first-order valence-electron chi connectivity index (χ1n) is 6.38. The van der Waals surface area contributed by atoms with Gasteiger partial charge in [-0.1, -0.05) is 28.1 Å². The maximum Gasteiger partial charge on any atom is 0.234 e. The number of hydrogen-bond donors (Lipinski definition) is 1. The first-order chi connectivity index (χ1) is 10.1. The Hall–Kier alpha value is -0.980. The smallest absolute Gasteiger partial charge is 0.234 e. The van der Waals surface area contributed by atoms with Crippen molar-refractivity contribution < 1.29 is 9.59 Å². The molecule has 1 saturated heterocycles. The lowest BCUT2D eigenvalue weighted by Crippen LogP contribution is -2.43. The average molecular weight is 429 g/mol. The molecule has 3 nitrogen and oxygen atoms in total. The van der Waals surface area contributed by atoms with Crippen molar-refractivity contribution in [2.45, 2.75) is 18.3 Å². The normalized spacial score (nSPS) is 22.2. The molecule has 1 aromatic heterocycles. The van der Waals surface area contributed by atoms with E-state index in [1.807, 2.05) is 35.7 Å². The van der Waals surface area contributed by atoms with Crippen LogP contribution in [0.25, 0.3) is 0 Å². The van der Waals surface area contributed by atoms with Gasteiger partial charge < -0.3 is 0 Å². The fourth-order valence-electron chi connectivity index (χ4n) is 2.63. The minimum Gasteiger partial charge on any atom is -0.296 e. The van der Waals surface area contributed by atoms with E-state index in [-0.39, 0.29) is 23.7 Å². The lowest BCUT2D eigenvalue weighted by molar-refractivity contribution is -0.135. The second-order valence-corrected chi connectivity index (χ2v) is 7.60. The van der Waals surface area contributed by atoms with Gasteiger partial charge in [0.1, 0.15) is 0 Å². The highest BCUT2D eigenvalue weighted by atomic mass is 79.9. The van der Waals surface area contributed by atoms with Crippen molar-refractivity contribution in [2.75, 3.05) is 0 Å². The highest BCUT2D eigenvalue weighted by molar-refractivity contribution is 9.10. The molecular formula is C15H11Br2NO2S. The molecule has 2 heterocycles. The molecule has 0 saturated carbocycles. The number of amides is 2. The molecule has 3 rings (SSSR count). The summed E-state index contributed by atoms with van der Waals surface area (Å²) in [6.45, 7) is 0. The summed E-state index contributed by atoms with van der Waals surface area (Å²) in [6.07, 6.45) is 0.325. The van der Waals surface area contributed by atoms with Gasteiger partial charge in [0, 0.05) is 26.2 Å². The van der Waals surface area contributed by atoms with Gasteiger partial charge in [-0.3, -0.25) is 14.9 Å². The van der Waals surface area contributed by atoms with Gasteiger partial charge in [-0.2, -0.15) is 0 Å². The van der Waals surface area contributed by atoms with Crippen LogP contribution in [0.4, 0.5) is 0 Å². The van der Waals surface area contributed by atoms with Crippen LogP contribution < -0.4 is 5.32 Å². The molecule has 0 aliphatic carbocycles. The Labute approximate surface area is 143 Å². The number of halogens is 2. The fourth-order valence-corrected chi connectivity index (χ4v) is 4.71. The van der Waals surface area contributed by atoms with Crippen LogP contribution in [0.5, 0.6) is 0 Å². The molecule has 1 aliphatic heterocycles. The van der Waals surface area contributed by atoms with E-state index in [2.05, 4.69) is 37.2 Å². The molecule has 108 valence electrons. The SMILES string of the molecule is O=C1CC(c2sccc2Br)C(c2ccc(Br)cc2)C(=O)N1. The minimum absolute atomic E-state index is 0.123. The highest BCUT2D eigenvalue weighted by Gasteiger charge is 2.39. The Morgan fingerprint density at radius 2 is 1.81 bits per heavy atom. The number of thiophene rings is 1. The molecule has 0 bridgehead atoms. The molecular weight excluding hydrogens is 418 g/mol. The van der Waals surface area contributed by atoms with Crippen LogP contribution in [0.2, 0.25) is 0 Å². The van der Waals surface area contributed by atoms with Crippen LogP contribution >= 0.6 is 43.2 Å². The Morgan fingerprint density at radius 3 is 2.43 bits per heavy atom. The molecule has 2 unspecified atom stereocenters. The second kappa shape index (κ2) is 6.02. The van der Waals surface area contributed by atoms with E-state index in [0.717, 1.165) is 19.4 Å². The molecule has 1 aliphatic rings. The number of rotatable bonds is 2. The molecule has 1 N–H and O–H groups in total. The van der Waals surface area contributed by atoms with Crippen molar-refractivity contribution in [3.05, 3.63) is 55.1 Å². The van der Waals surface area contributed by atoms with Gasteiger partial charge in [0.05, 0.1) is 5.92 Å². The number of hydrogen-bond acceptors (Lipinski definition) is 3. The summed E-state index contributed by atoms with van der Waals surface area (Å²) < 4.78 is 1.93. The van der Waals surface area contributed by atoms with E-state index in [1.54, 1.807) is 11.3 Å². The second-order valence-electron chi connectivity index (χ2n) is 4.89. The van der Waals surface area contributed by atoms with Crippen molar-refractivity contribution in [1.82, 2.24) is 5.32 Å². The third-order valence-corrected chi connectivity index (χ3v) is 6.09. The quantitative estimate of drug-likeness (QED) is 0.729. The highest BCUT2D eigenvalue weighted by Crippen LogP contribution is 2.43. The Morgan fingerprint density at radius 1 is 1.10 bits per heavy atom. The minimum atomic E-state index is -0.342. The van der Waals surface area contributed by atoms with E-state index in [0.29, 0.717) is 6.42 Å². The monoisotopic (exact) mass is 427 g/mol. The topological polar surface area (TPSA) is 46.2 Å². The lowest BCUT2D eigenvalue weighted by atomic mass is 9.79. The number of carbonyl (C=O) groups excluding carboxylic acids is 2. The lowest BCUT2D eigenvalue weighted by Gasteiger charge is -2.30. The van der Waals surface area contributed by atoms with Crippen LogP contribution in [0.15, 0.2) is 44.7 Å². The van der Waals surface area contributed by atoms with Crippen LogP contribution in [-0.4, -0.2) is 11.8 Å². The van der Waals surface area contributed by atoms with E-state index in [9.17, 15) is 9.59 Å². The van der Waals surface area contributed by atoms with Crippen LogP contribution in [-0.2, 0) is 9.59 Å². The summed E-state index contributed by atoms with van der Waals surface area (Å²) in [7, 11) is 0. The van der Waals surface area contributed by atoms with E-state index < -0.39 is 0 Å². The fraction of sp³-hybridized carbons (Fsp3) is 0.200. The van der Waals surface area contributed by atoms with Crippen molar-refractivity contribution in [1.29, 1.82) is 0 Å². The summed E-state index contributed by atoms with van der Waals surface area (Å²) in [4.78, 5) is 25.2. The van der Waals surface area contributed by atoms with Gasteiger partial charge >= 0.3 is 0 Å². The summed E-state index contributed by atoms with van der Waals surface area (Å²) in [5, 5.41) is 4.42. The Kier molecular flexibility index (Phi) is 4.28. The van der Waals surface area contributed by atoms with Gasteiger partial charge in [0.15, 0.2) is 0 Å². The Bertz CT molecular complexity index is 696. The van der Waals surface area contributed by atoms with E-state index >= 15 is 0 Å². The Balaban J connectivity index is 2.05. The summed E-state index contributed by atoms with van der Waals surface area (Å²) in [5.74, 6) is -0.898. The van der Waals surface area contributed by atoms with Gasteiger partial charge in [-0.15, -0.1) is 11.3 Å². The maximum absolute atomic E-state index is 12.4. The molecule has 21 heavy (non-hydrogen) atoms. The van der Waals surface area contributed by atoms with Gasteiger partial charge in [0.25, 0.3) is 0 Å². The molecule has 2 aromatic rings. The van der Waals surface area contributed by atoms with Crippen LogP contribution in [0.3, 0.4) is 0 Å². The largest absolute Gasteiger partial charge is 0.296 e. The molecule has 1 aromatic carbocycles. The molecule has 0 spiro atoms. The van der Waals surface area contributed by atoms with E-state index in [4.69, 9.17) is 0 Å².